The summed E-state index contributed by atoms with van der Waals surface area (Å²) in [6, 6.07) is 21.7. The van der Waals surface area contributed by atoms with Gasteiger partial charge < -0.3 is 5.11 Å². The molecule has 1 heteroatoms. The van der Waals surface area contributed by atoms with Gasteiger partial charge in [-0.25, -0.2) is 0 Å². The summed E-state index contributed by atoms with van der Waals surface area (Å²) >= 11 is 0. The van der Waals surface area contributed by atoms with Gasteiger partial charge in [0.05, 0.1) is 6.10 Å². The predicted molar refractivity (Wildman–Crippen MR) is 108 cm³/mol. The van der Waals surface area contributed by atoms with Gasteiger partial charge in [0.25, 0.3) is 0 Å². The number of benzene rings is 2. The molecule has 0 saturated heterocycles. The Morgan fingerprint density at radius 2 is 1.28 bits per heavy atom. The third-order valence-electron chi connectivity index (χ3n) is 5.29. The summed E-state index contributed by atoms with van der Waals surface area (Å²) < 4.78 is 0. The molecule has 2 aromatic carbocycles. The maximum atomic E-state index is 10.3. The second-order valence-corrected chi connectivity index (χ2v) is 7.24. The zero-order valence-electron chi connectivity index (χ0n) is 15.9. The molecule has 3 unspecified atom stereocenters. The first kappa shape index (κ1) is 19.7. The van der Waals surface area contributed by atoms with Gasteiger partial charge in [-0.2, -0.15) is 0 Å². The molecule has 0 aliphatic carbocycles. The number of rotatable bonds is 11. The lowest BCUT2D eigenvalue weighted by atomic mass is 9.80. The first-order chi connectivity index (χ1) is 12.2. The first-order valence-corrected chi connectivity index (χ1v) is 10.0. The van der Waals surface area contributed by atoms with Gasteiger partial charge in [0.15, 0.2) is 0 Å². The molecule has 0 aliphatic rings. The average molecular weight is 339 g/mol. The molecule has 0 heterocycles. The van der Waals surface area contributed by atoms with E-state index in [1.807, 2.05) is 0 Å². The Bertz CT molecular complexity index is 563. The summed E-state index contributed by atoms with van der Waals surface area (Å²) in [5.74, 6) is 0.991. The second-order valence-electron chi connectivity index (χ2n) is 7.24. The highest BCUT2D eigenvalue weighted by atomic mass is 16.3. The van der Waals surface area contributed by atoms with Crippen LogP contribution in [-0.4, -0.2) is 11.2 Å². The van der Waals surface area contributed by atoms with Crippen LogP contribution >= 0.6 is 0 Å². The number of aliphatic hydroxyl groups excluding tert-OH is 1. The van der Waals surface area contributed by atoms with E-state index in [0.717, 1.165) is 19.3 Å². The van der Waals surface area contributed by atoms with Crippen LogP contribution in [0.5, 0.6) is 0 Å². The van der Waals surface area contributed by atoms with Crippen LogP contribution in [0.2, 0.25) is 0 Å². The van der Waals surface area contributed by atoms with Crippen LogP contribution in [0.3, 0.4) is 0 Å². The zero-order valence-corrected chi connectivity index (χ0v) is 15.9. The highest BCUT2D eigenvalue weighted by molar-refractivity contribution is 5.24. The summed E-state index contributed by atoms with van der Waals surface area (Å²) in [4.78, 5) is 0. The minimum absolute atomic E-state index is 0.211. The van der Waals surface area contributed by atoms with Gasteiger partial charge in [-0.05, 0) is 48.6 Å². The Hall–Kier alpha value is -1.60. The van der Waals surface area contributed by atoms with Crippen LogP contribution in [0.15, 0.2) is 60.7 Å². The maximum absolute atomic E-state index is 10.3. The van der Waals surface area contributed by atoms with E-state index in [0.29, 0.717) is 11.8 Å². The zero-order chi connectivity index (χ0) is 17.9. The van der Waals surface area contributed by atoms with E-state index < -0.39 is 0 Å². The smallest absolute Gasteiger partial charge is 0.0543 e. The predicted octanol–water partition coefficient (Wildman–Crippen LogP) is 6.69. The van der Waals surface area contributed by atoms with E-state index in [1.54, 1.807) is 0 Å². The van der Waals surface area contributed by atoms with Crippen LogP contribution in [-0.2, 0) is 0 Å². The lowest BCUT2D eigenvalue weighted by molar-refractivity contribution is 0.147. The topological polar surface area (TPSA) is 20.2 Å². The quantitative estimate of drug-likeness (QED) is 0.453. The lowest BCUT2D eigenvalue weighted by Gasteiger charge is -2.26. The van der Waals surface area contributed by atoms with Crippen LogP contribution in [0, 0.1) is 0 Å². The number of hydrogen-bond donors (Lipinski definition) is 1. The fourth-order valence-electron chi connectivity index (χ4n) is 3.72. The summed E-state index contributed by atoms with van der Waals surface area (Å²) in [6.07, 6.45) is 7.69. The molecule has 0 radical (unpaired) electrons. The summed E-state index contributed by atoms with van der Waals surface area (Å²) in [5.41, 5.74) is 2.82. The van der Waals surface area contributed by atoms with Crippen molar-refractivity contribution in [3.8, 4) is 0 Å². The van der Waals surface area contributed by atoms with Gasteiger partial charge in [0.1, 0.15) is 0 Å². The normalized spacial score (nSPS) is 14.8. The molecule has 0 bridgehead atoms. The molecule has 0 amide bonds. The Kier molecular flexibility index (Phi) is 8.76. The molecule has 25 heavy (non-hydrogen) atoms. The van der Waals surface area contributed by atoms with Crippen molar-refractivity contribution in [3.05, 3.63) is 71.8 Å². The van der Waals surface area contributed by atoms with Crippen molar-refractivity contribution in [3.63, 3.8) is 0 Å². The molecule has 2 aromatic rings. The Balaban J connectivity index is 2.18. The van der Waals surface area contributed by atoms with Crippen molar-refractivity contribution in [1.82, 2.24) is 0 Å². The van der Waals surface area contributed by atoms with E-state index in [1.165, 1.54) is 36.8 Å². The number of aliphatic hydroxyl groups is 1. The standard InChI is InChI=1S/C24H34O/c1-3-5-8-17-22(20-13-9-6-10-14-20)18-23(19-24(25)4-2)21-15-11-7-12-16-21/h6-7,9-16,22-25H,3-5,8,17-19H2,1-2H3. The minimum Gasteiger partial charge on any atom is -0.393 e. The second kappa shape index (κ2) is 11.1. The van der Waals surface area contributed by atoms with Gasteiger partial charge in [-0.1, -0.05) is 93.8 Å². The van der Waals surface area contributed by atoms with E-state index in [-0.39, 0.29) is 6.10 Å². The molecule has 0 saturated carbocycles. The number of unbranched alkanes of at least 4 members (excludes halogenated alkanes) is 2. The van der Waals surface area contributed by atoms with Gasteiger partial charge in [0.2, 0.25) is 0 Å². The molecule has 3 atom stereocenters. The monoisotopic (exact) mass is 338 g/mol. The minimum atomic E-state index is -0.211. The van der Waals surface area contributed by atoms with Crippen LogP contribution < -0.4 is 0 Å². The first-order valence-electron chi connectivity index (χ1n) is 10.0. The van der Waals surface area contributed by atoms with Crippen LogP contribution in [0.25, 0.3) is 0 Å². The highest BCUT2D eigenvalue weighted by Gasteiger charge is 2.21. The fourth-order valence-corrected chi connectivity index (χ4v) is 3.72. The lowest BCUT2D eigenvalue weighted by Crippen LogP contribution is -2.14. The summed E-state index contributed by atoms with van der Waals surface area (Å²) in [6.45, 7) is 4.34. The van der Waals surface area contributed by atoms with Gasteiger partial charge in [0, 0.05) is 0 Å². The van der Waals surface area contributed by atoms with Gasteiger partial charge in [-0.3, -0.25) is 0 Å². The summed E-state index contributed by atoms with van der Waals surface area (Å²) in [7, 11) is 0. The molecule has 0 aliphatic heterocycles. The van der Waals surface area contributed by atoms with Gasteiger partial charge >= 0.3 is 0 Å². The van der Waals surface area contributed by atoms with Gasteiger partial charge in [-0.15, -0.1) is 0 Å². The average Bonchev–Trinajstić information content (AvgIpc) is 2.67. The molecule has 0 aromatic heterocycles. The fraction of sp³-hybridized carbons (Fsp3) is 0.500. The van der Waals surface area contributed by atoms with Crippen molar-refractivity contribution >= 4 is 0 Å². The van der Waals surface area contributed by atoms with Crippen molar-refractivity contribution in [2.75, 3.05) is 0 Å². The Labute approximate surface area is 154 Å². The van der Waals surface area contributed by atoms with Crippen molar-refractivity contribution in [2.45, 2.75) is 76.7 Å². The van der Waals surface area contributed by atoms with Crippen LogP contribution in [0.1, 0.15) is 81.8 Å². The molecule has 0 fully saturated rings. The maximum Gasteiger partial charge on any atom is 0.0543 e. The molecule has 0 spiro atoms. The Morgan fingerprint density at radius 1 is 0.720 bits per heavy atom. The van der Waals surface area contributed by atoms with E-state index >= 15 is 0 Å². The molecule has 2 rings (SSSR count). The molecule has 1 nitrogen and oxygen atoms in total. The van der Waals surface area contributed by atoms with Crippen LogP contribution in [0.4, 0.5) is 0 Å². The molecule has 1 N–H and O–H groups in total. The SMILES string of the molecule is CCCCCC(CC(CC(O)CC)c1ccccc1)c1ccccc1. The summed E-state index contributed by atoms with van der Waals surface area (Å²) in [5, 5.41) is 10.3. The van der Waals surface area contributed by atoms with E-state index in [4.69, 9.17) is 0 Å². The number of hydrogen-bond acceptors (Lipinski definition) is 1. The third kappa shape index (κ3) is 6.66. The largest absolute Gasteiger partial charge is 0.393 e. The third-order valence-corrected chi connectivity index (χ3v) is 5.29. The Morgan fingerprint density at radius 3 is 1.80 bits per heavy atom. The molecular weight excluding hydrogens is 304 g/mol. The molecule has 136 valence electrons. The van der Waals surface area contributed by atoms with Crippen molar-refractivity contribution < 1.29 is 5.11 Å². The van der Waals surface area contributed by atoms with Crippen molar-refractivity contribution in [2.24, 2.45) is 0 Å². The highest BCUT2D eigenvalue weighted by Crippen LogP contribution is 2.36. The van der Waals surface area contributed by atoms with E-state index in [2.05, 4.69) is 74.5 Å². The van der Waals surface area contributed by atoms with E-state index in [9.17, 15) is 5.11 Å². The van der Waals surface area contributed by atoms with Crippen molar-refractivity contribution in [1.29, 1.82) is 0 Å². The molecular formula is C24H34O.